The second-order valence-corrected chi connectivity index (χ2v) is 8.90. The van der Waals surface area contributed by atoms with Crippen LogP contribution in [0.1, 0.15) is 9.67 Å². The van der Waals surface area contributed by atoms with Crippen LogP contribution in [0.3, 0.4) is 0 Å². The maximum absolute atomic E-state index is 13.2. The standard InChI is InChI=1S/C25H19N3OS2/c1-26-22-21-18(16-9-4-2-5-10-16)15-19(20-13-8-14-30-20)28-25(21)31-23(22)24(29)27-17-11-6-3-7-12-17/h2-15,26H,1H3,(H,27,29). The number of rotatable bonds is 5. The highest BCUT2D eigenvalue weighted by Crippen LogP contribution is 2.43. The van der Waals surface area contributed by atoms with Crippen molar-refractivity contribution < 1.29 is 4.79 Å². The van der Waals surface area contributed by atoms with Crippen LogP contribution >= 0.6 is 22.7 Å². The van der Waals surface area contributed by atoms with Gasteiger partial charge in [0.25, 0.3) is 5.91 Å². The molecule has 5 aromatic rings. The van der Waals surface area contributed by atoms with Gasteiger partial charge in [-0.05, 0) is 40.8 Å². The van der Waals surface area contributed by atoms with Crippen LogP contribution < -0.4 is 10.6 Å². The molecule has 3 heterocycles. The SMILES string of the molecule is CNc1c(C(=O)Nc2ccccc2)sc2nc(-c3cccs3)cc(-c3ccccc3)c12. The van der Waals surface area contributed by atoms with Crippen molar-refractivity contribution in [1.82, 2.24) is 4.98 Å². The van der Waals surface area contributed by atoms with Crippen molar-refractivity contribution in [2.45, 2.75) is 0 Å². The van der Waals surface area contributed by atoms with Crippen molar-refractivity contribution in [1.29, 1.82) is 0 Å². The first-order valence-electron chi connectivity index (χ1n) is 9.85. The minimum atomic E-state index is -0.143. The molecule has 2 N–H and O–H groups in total. The normalized spacial score (nSPS) is 10.9. The Balaban J connectivity index is 1.71. The van der Waals surface area contributed by atoms with Crippen LogP contribution in [0.4, 0.5) is 11.4 Å². The van der Waals surface area contributed by atoms with Crippen molar-refractivity contribution in [3.05, 3.63) is 89.1 Å². The number of carbonyl (C=O) groups excluding carboxylic acids is 1. The third kappa shape index (κ3) is 3.71. The van der Waals surface area contributed by atoms with E-state index in [2.05, 4.69) is 40.3 Å². The molecule has 6 heteroatoms. The molecular formula is C25H19N3OS2. The zero-order valence-electron chi connectivity index (χ0n) is 16.8. The van der Waals surface area contributed by atoms with Crippen LogP contribution in [0.25, 0.3) is 31.9 Å². The molecule has 0 fully saturated rings. The Morgan fingerprint density at radius 3 is 2.35 bits per heavy atom. The number of amides is 1. The Kier molecular flexibility index (Phi) is 5.24. The number of hydrogen-bond donors (Lipinski definition) is 2. The van der Waals surface area contributed by atoms with Gasteiger partial charge in [0.1, 0.15) is 9.71 Å². The molecule has 0 saturated heterocycles. The molecule has 152 valence electrons. The van der Waals surface area contributed by atoms with Gasteiger partial charge in [-0.3, -0.25) is 4.79 Å². The molecule has 1 amide bonds. The quantitative estimate of drug-likeness (QED) is 0.309. The van der Waals surface area contributed by atoms with Crippen molar-refractivity contribution in [2.75, 3.05) is 17.7 Å². The zero-order chi connectivity index (χ0) is 21.2. The van der Waals surface area contributed by atoms with E-state index in [9.17, 15) is 4.79 Å². The molecule has 0 aliphatic carbocycles. The topological polar surface area (TPSA) is 54.0 Å². The van der Waals surface area contributed by atoms with E-state index >= 15 is 0 Å². The molecule has 0 bridgehead atoms. The molecule has 2 aromatic carbocycles. The summed E-state index contributed by atoms with van der Waals surface area (Å²) in [6.45, 7) is 0. The maximum atomic E-state index is 13.2. The van der Waals surface area contributed by atoms with E-state index in [0.29, 0.717) is 4.88 Å². The number of nitrogens with zero attached hydrogens (tertiary/aromatic N) is 1. The maximum Gasteiger partial charge on any atom is 0.267 e. The first-order chi connectivity index (χ1) is 15.2. The summed E-state index contributed by atoms with van der Waals surface area (Å²) in [5.41, 5.74) is 4.64. The van der Waals surface area contributed by atoms with Crippen LogP contribution in [0, 0.1) is 0 Å². The fourth-order valence-electron chi connectivity index (χ4n) is 3.60. The van der Waals surface area contributed by atoms with Crippen LogP contribution in [0.5, 0.6) is 0 Å². The highest BCUT2D eigenvalue weighted by atomic mass is 32.1. The molecule has 0 radical (unpaired) electrons. The van der Waals surface area contributed by atoms with Crippen molar-refractivity contribution >= 4 is 50.2 Å². The van der Waals surface area contributed by atoms with E-state index in [1.165, 1.54) is 11.3 Å². The first-order valence-corrected chi connectivity index (χ1v) is 11.5. The lowest BCUT2D eigenvalue weighted by atomic mass is 10.0. The summed E-state index contributed by atoms with van der Waals surface area (Å²) in [6.07, 6.45) is 0. The van der Waals surface area contributed by atoms with Gasteiger partial charge in [-0.25, -0.2) is 4.98 Å². The molecule has 0 unspecified atom stereocenters. The number of benzene rings is 2. The zero-order valence-corrected chi connectivity index (χ0v) is 18.4. The molecular weight excluding hydrogens is 422 g/mol. The lowest BCUT2D eigenvalue weighted by Crippen LogP contribution is -2.11. The molecule has 0 spiro atoms. The number of hydrogen-bond acceptors (Lipinski definition) is 5. The Bertz CT molecular complexity index is 1340. The second kappa shape index (κ2) is 8.34. The van der Waals surface area contributed by atoms with Gasteiger partial charge in [0.05, 0.1) is 16.3 Å². The molecule has 3 aromatic heterocycles. The van der Waals surface area contributed by atoms with Crippen molar-refractivity contribution in [3.8, 4) is 21.7 Å². The molecule has 5 rings (SSSR count). The Hall–Kier alpha value is -3.48. The van der Waals surface area contributed by atoms with Gasteiger partial charge in [0.2, 0.25) is 0 Å². The number of para-hydroxylation sites is 1. The van der Waals surface area contributed by atoms with Gasteiger partial charge in [0.15, 0.2) is 0 Å². The van der Waals surface area contributed by atoms with E-state index in [1.807, 2.05) is 61.6 Å². The summed E-state index contributed by atoms with van der Waals surface area (Å²) in [4.78, 5) is 20.7. The van der Waals surface area contributed by atoms with Gasteiger partial charge in [0, 0.05) is 18.1 Å². The number of pyridine rings is 1. The predicted octanol–water partition coefficient (Wildman–Crippen LogP) is 6.99. The van der Waals surface area contributed by atoms with E-state index in [4.69, 9.17) is 4.98 Å². The third-order valence-electron chi connectivity index (χ3n) is 5.01. The highest BCUT2D eigenvalue weighted by Gasteiger charge is 2.23. The number of fused-ring (bicyclic) bond motifs is 1. The fraction of sp³-hybridized carbons (Fsp3) is 0.0400. The van der Waals surface area contributed by atoms with Crippen LogP contribution in [-0.4, -0.2) is 17.9 Å². The Morgan fingerprint density at radius 1 is 0.935 bits per heavy atom. The summed E-state index contributed by atoms with van der Waals surface area (Å²) in [6, 6.07) is 26.0. The van der Waals surface area contributed by atoms with Crippen molar-refractivity contribution in [2.24, 2.45) is 0 Å². The molecule has 0 saturated carbocycles. The van der Waals surface area contributed by atoms with Gasteiger partial charge < -0.3 is 10.6 Å². The number of nitrogens with one attached hydrogen (secondary N) is 2. The first kappa shape index (κ1) is 19.5. The summed E-state index contributed by atoms with van der Waals surface area (Å²) in [5, 5.41) is 9.28. The van der Waals surface area contributed by atoms with Crippen LogP contribution in [0.2, 0.25) is 0 Å². The predicted molar refractivity (Wildman–Crippen MR) is 132 cm³/mol. The minimum Gasteiger partial charge on any atom is -0.386 e. The second-order valence-electron chi connectivity index (χ2n) is 6.95. The van der Waals surface area contributed by atoms with Crippen LogP contribution in [0.15, 0.2) is 84.2 Å². The lowest BCUT2D eigenvalue weighted by Gasteiger charge is -2.10. The van der Waals surface area contributed by atoms with Crippen molar-refractivity contribution in [3.63, 3.8) is 0 Å². The Morgan fingerprint density at radius 2 is 1.68 bits per heavy atom. The molecule has 0 aliphatic rings. The average molecular weight is 442 g/mol. The average Bonchev–Trinajstić information content (AvgIpc) is 3.47. The minimum absolute atomic E-state index is 0.143. The van der Waals surface area contributed by atoms with Gasteiger partial charge >= 0.3 is 0 Å². The fourth-order valence-corrected chi connectivity index (χ4v) is 5.39. The smallest absolute Gasteiger partial charge is 0.267 e. The number of aromatic nitrogens is 1. The largest absolute Gasteiger partial charge is 0.386 e. The summed E-state index contributed by atoms with van der Waals surface area (Å²) in [5.74, 6) is -0.143. The highest BCUT2D eigenvalue weighted by molar-refractivity contribution is 7.21. The van der Waals surface area contributed by atoms with Crippen LogP contribution in [-0.2, 0) is 0 Å². The molecule has 0 aliphatic heterocycles. The van der Waals surface area contributed by atoms with Gasteiger partial charge in [-0.2, -0.15) is 0 Å². The summed E-state index contributed by atoms with van der Waals surface area (Å²) >= 11 is 3.08. The third-order valence-corrected chi connectivity index (χ3v) is 6.98. The molecule has 31 heavy (non-hydrogen) atoms. The Labute approximate surface area is 188 Å². The van der Waals surface area contributed by atoms with E-state index in [0.717, 1.165) is 43.3 Å². The number of anilines is 2. The summed E-state index contributed by atoms with van der Waals surface area (Å²) < 4.78 is 0. The van der Waals surface area contributed by atoms with Gasteiger partial charge in [-0.1, -0.05) is 54.6 Å². The van der Waals surface area contributed by atoms with E-state index in [1.54, 1.807) is 11.3 Å². The molecule has 4 nitrogen and oxygen atoms in total. The van der Waals surface area contributed by atoms with E-state index < -0.39 is 0 Å². The number of thiophene rings is 2. The van der Waals surface area contributed by atoms with Gasteiger partial charge in [-0.15, -0.1) is 22.7 Å². The molecule has 0 atom stereocenters. The number of carbonyl (C=O) groups is 1. The monoisotopic (exact) mass is 441 g/mol. The summed E-state index contributed by atoms with van der Waals surface area (Å²) in [7, 11) is 1.85. The van der Waals surface area contributed by atoms with E-state index in [-0.39, 0.29) is 5.91 Å². The lowest BCUT2D eigenvalue weighted by molar-refractivity contribution is 0.103.